The van der Waals surface area contributed by atoms with E-state index in [0.717, 1.165) is 86.4 Å². The first kappa shape index (κ1) is 32.1. The van der Waals surface area contributed by atoms with Crippen LogP contribution in [0, 0.1) is 5.82 Å². The number of likely N-dealkylation sites (tertiary alicyclic amines) is 1. The van der Waals surface area contributed by atoms with Crippen LogP contribution in [-0.4, -0.2) is 75.2 Å². The summed E-state index contributed by atoms with van der Waals surface area (Å²) in [5.74, 6) is -0.230. The predicted molar refractivity (Wildman–Crippen MR) is 191 cm³/mol. The van der Waals surface area contributed by atoms with Gasteiger partial charge in [-0.2, -0.15) is 5.10 Å². The molecule has 6 rings (SSSR count). The number of halogens is 1. The summed E-state index contributed by atoms with van der Waals surface area (Å²) >= 11 is 0. The molecule has 1 saturated heterocycles. The van der Waals surface area contributed by atoms with E-state index in [1.165, 1.54) is 25.9 Å². The zero-order valence-electron chi connectivity index (χ0n) is 27.5. The van der Waals surface area contributed by atoms with Crippen molar-refractivity contribution in [2.24, 2.45) is 0 Å². The van der Waals surface area contributed by atoms with Crippen molar-refractivity contribution in [3.63, 3.8) is 0 Å². The number of H-pyrrole nitrogens is 2. The Labute approximate surface area is 275 Å². The minimum Gasteiger partial charge on any atom is -0.358 e. The summed E-state index contributed by atoms with van der Waals surface area (Å²) in [6.45, 7) is 14.2. The van der Waals surface area contributed by atoms with Crippen molar-refractivity contribution in [1.82, 2.24) is 40.3 Å². The maximum absolute atomic E-state index is 14.9. The van der Waals surface area contributed by atoms with Crippen molar-refractivity contribution in [1.29, 1.82) is 0 Å². The van der Waals surface area contributed by atoms with Crippen LogP contribution in [0.1, 0.15) is 37.4 Å². The molecule has 0 saturated carbocycles. The lowest BCUT2D eigenvalue weighted by molar-refractivity contribution is 0.334. The highest BCUT2D eigenvalue weighted by Crippen LogP contribution is 2.34. The third-order valence-electron chi connectivity index (χ3n) is 8.58. The van der Waals surface area contributed by atoms with Gasteiger partial charge >= 0.3 is 0 Å². The van der Waals surface area contributed by atoms with Gasteiger partial charge in [0.1, 0.15) is 17.0 Å². The van der Waals surface area contributed by atoms with Crippen LogP contribution < -0.4 is 5.32 Å². The zero-order chi connectivity index (χ0) is 32.9. The molecule has 0 aliphatic carbocycles. The number of fused-ring (bicyclic) bond motifs is 2. The minimum atomic E-state index is -0.230. The van der Waals surface area contributed by atoms with Crippen molar-refractivity contribution < 1.29 is 4.39 Å². The van der Waals surface area contributed by atoms with E-state index < -0.39 is 0 Å². The van der Waals surface area contributed by atoms with Crippen molar-refractivity contribution in [3.8, 4) is 22.5 Å². The lowest BCUT2D eigenvalue weighted by atomic mass is 9.99. The van der Waals surface area contributed by atoms with Crippen molar-refractivity contribution in [2.75, 3.05) is 40.3 Å². The fraction of sp³-hybridized carbons (Fsp3) is 0.289. The van der Waals surface area contributed by atoms with Crippen molar-refractivity contribution in [3.05, 3.63) is 109 Å². The average molecular weight is 631 g/mol. The summed E-state index contributed by atoms with van der Waals surface area (Å²) in [5, 5.41) is 12.1. The third-order valence-corrected chi connectivity index (χ3v) is 8.58. The lowest BCUT2D eigenvalue weighted by Crippen LogP contribution is -2.23. The number of pyridine rings is 2. The van der Waals surface area contributed by atoms with Crippen LogP contribution in [0.25, 0.3) is 50.0 Å². The van der Waals surface area contributed by atoms with Crippen molar-refractivity contribution in [2.45, 2.75) is 32.6 Å². The number of aryl methyl sites for hydroxylation is 1. The number of nitrogens with zero attached hydrogens (tertiary/aromatic N) is 5. The lowest BCUT2D eigenvalue weighted by Gasteiger charge is -2.15. The number of rotatable bonds is 13. The van der Waals surface area contributed by atoms with Gasteiger partial charge in [0.05, 0.1) is 28.6 Å². The quantitative estimate of drug-likeness (QED) is 0.117. The molecule has 1 aliphatic heterocycles. The summed E-state index contributed by atoms with van der Waals surface area (Å²) in [7, 11) is 4.01. The fourth-order valence-electron chi connectivity index (χ4n) is 6.36. The van der Waals surface area contributed by atoms with Gasteiger partial charge in [-0.05, 0) is 126 Å². The highest BCUT2D eigenvalue weighted by Gasteiger charge is 2.17. The van der Waals surface area contributed by atoms with Crippen LogP contribution in [0.3, 0.4) is 0 Å². The molecular formula is C38H43FN8. The summed E-state index contributed by atoms with van der Waals surface area (Å²) in [6, 6.07) is 11.4. The Kier molecular flexibility index (Phi) is 9.75. The summed E-state index contributed by atoms with van der Waals surface area (Å²) in [4.78, 5) is 17.6. The molecule has 0 bridgehead atoms. The Morgan fingerprint density at radius 3 is 2.70 bits per heavy atom. The molecule has 0 unspecified atom stereocenters. The number of hydrogen-bond donors (Lipinski definition) is 3. The van der Waals surface area contributed by atoms with E-state index in [1.54, 1.807) is 24.4 Å². The van der Waals surface area contributed by atoms with Gasteiger partial charge in [0, 0.05) is 35.1 Å². The molecule has 0 atom stereocenters. The van der Waals surface area contributed by atoms with Gasteiger partial charge in [-0.3, -0.25) is 10.1 Å². The highest BCUT2D eigenvalue weighted by atomic mass is 19.1. The number of allylic oxidation sites excluding steroid dienone is 4. The molecule has 0 amide bonds. The van der Waals surface area contributed by atoms with E-state index in [0.29, 0.717) is 12.2 Å². The molecule has 4 aromatic heterocycles. The maximum Gasteiger partial charge on any atom is 0.135 e. The zero-order valence-corrected chi connectivity index (χ0v) is 27.5. The van der Waals surface area contributed by atoms with E-state index >= 15 is 0 Å². The van der Waals surface area contributed by atoms with Gasteiger partial charge in [0.2, 0.25) is 0 Å². The van der Waals surface area contributed by atoms with E-state index in [-0.39, 0.29) is 5.82 Å². The molecule has 1 aliphatic rings. The Morgan fingerprint density at radius 1 is 1.11 bits per heavy atom. The molecule has 9 heteroatoms. The summed E-state index contributed by atoms with van der Waals surface area (Å²) < 4.78 is 14.9. The van der Waals surface area contributed by atoms with Gasteiger partial charge in [0.25, 0.3) is 0 Å². The van der Waals surface area contributed by atoms with E-state index in [4.69, 9.17) is 4.98 Å². The Hall–Kier alpha value is -4.86. The normalized spacial score (nSPS) is 14.5. The van der Waals surface area contributed by atoms with Gasteiger partial charge in [0.15, 0.2) is 0 Å². The van der Waals surface area contributed by atoms with Gasteiger partial charge in [-0.25, -0.2) is 9.37 Å². The average Bonchev–Trinajstić information content (AvgIpc) is 3.82. The molecule has 1 fully saturated rings. The molecule has 8 nitrogen and oxygen atoms in total. The van der Waals surface area contributed by atoms with Crippen LogP contribution in [0.15, 0.2) is 91.6 Å². The number of benzene rings is 1. The molecule has 1 aromatic carbocycles. The molecule has 0 radical (unpaired) electrons. The monoisotopic (exact) mass is 630 g/mol. The predicted octanol–water partition coefficient (Wildman–Crippen LogP) is 7.47. The van der Waals surface area contributed by atoms with Crippen LogP contribution in [0.5, 0.6) is 0 Å². The fourth-order valence-corrected chi connectivity index (χ4v) is 6.36. The molecule has 242 valence electrons. The van der Waals surface area contributed by atoms with E-state index in [2.05, 4.69) is 60.6 Å². The molecule has 5 aromatic rings. The first-order chi connectivity index (χ1) is 22.8. The third kappa shape index (κ3) is 7.42. The minimum absolute atomic E-state index is 0.230. The van der Waals surface area contributed by atoms with Crippen LogP contribution in [0.4, 0.5) is 4.39 Å². The summed E-state index contributed by atoms with van der Waals surface area (Å²) in [5.41, 5.74) is 10.1. The molecule has 0 spiro atoms. The Bertz CT molecular complexity index is 1970. The molecule has 47 heavy (non-hydrogen) atoms. The van der Waals surface area contributed by atoms with Gasteiger partial charge in [-0.15, -0.1) is 0 Å². The first-order valence-electron chi connectivity index (χ1n) is 16.3. The number of nitrogens with one attached hydrogen (secondary N) is 3. The number of aromatic nitrogens is 5. The first-order valence-corrected chi connectivity index (χ1v) is 16.3. The second-order valence-electron chi connectivity index (χ2n) is 12.5. The van der Waals surface area contributed by atoms with Crippen LogP contribution in [-0.2, 0) is 6.42 Å². The standard InChI is InChI=1S/C38H43FN8/c1-6-27(20-30(7-2)41-25(3)24-46(4)5)33-12-13-34-37(43-33)38(45-44-34)35-21-31-32(22-40-23-36(31)42-35)28-17-26(18-29(39)19-28)11-10-16-47-14-8-9-15-47/h6-7,12-13,17-23,41-42H,2-3,8-11,14-16,24H2,1,4-5H3,(H,44,45)/b27-6+,30-20+. The Morgan fingerprint density at radius 2 is 1.94 bits per heavy atom. The van der Waals surface area contributed by atoms with Crippen molar-refractivity contribution >= 4 is 27.5 Å². The molecule has 5 heterocycles. The molecule has 3 N–H and O–H groups in total. The Balaban J connectivity index is 1.30. The highest BCUT2D eigenvalue weighted by molar-refractivity contribution is 6.00. The van der Waals surface area contributed by atoms with Gasteiger partial charge in [-0.1, -0.05) is 25.3 Å². The summed E-state index contributed by atoms with van der Waals surface area (Å²) in [6.07, 6.45) is 13.8. The maximum atomic E-state index is 14.9. The largest absolute Gasteiger partial charge is 0.358 e. The van der Waals surface area contributed by atoms with E-state index in [9.17, 15) is 4.39 Å². The number of hydrogen-bond acceptors (Lipinski definition) is 6. The topological polar surface area (TPSA) is 88.8 Å². The van der Waals surface area contributed by atoms with Crippen LogP contribution >= 0.6 is 0 Å². The van der Waals surface area contributed by atoms with E-state index in [1.807, 2.05) is 51.5 Å². The smallest absolute Gasteiger partial charge is 0.135 e. The second-order valence-corrected chi connectivity index (χ2v) is 12.5. The van der Waals surface area contributed by atoms with Gasteiger partial charge < -0.3 is 20.1 Å². The number of likely N-dealkylation sites (N-methyl/N-ethyl adjacent to an activating group) is 1. The second kappa shape index (κ2) is 14.3. The SMILES string of the molecule is C=C/C(=C\C(=C/C)c1ccc2[nH]nc(-c3cc4c(-c5cc(F)cc(CCCN6CCCC6)c5)cncc4[nH]3)c2n1)NC(=C)CN(C)C. The number of aromatic amines is 2. The molecular weight excluding hydrogens is 587 g/mol. The van der Waals surface area contributed by atoms with Crippen LogP contribution in [0.2, 0.25) is 0 Å².